The van der Waals surface area contributed by atoms with Crippen LogP contribution in [0.2, 0.25) is 0 Å². The Morgan fingerprint density at radius 2 is 2.10 bits per heavy atom. The van der Waals surface area contributed by atoms with Gasteiger partial charge in [-0.2, -0.15) is 17.4 Å². The lowest BCUT2D eigenvalue weighted by atomic mass is 10.1. The number of carboxylic acid groups (broad SMARTS) is 1. The van der Waals surface area contributed by atoms with E-state index in [0.717, 1.165) is 11.1 Å². The lowest BCUT2D eigenvalue weighted by molar-refractivity contribution is 0.0696. The number of hydrogen-bond acceptors (Lipinski definition) is 4. The second kappa shape index (κ2) is 5.88. The van der Waals surface area contributed by atoms with Gasteiger partial charge in [0, 0.05) is 26.7 Å². The van der Waals surface area contributed by atoms with Crippen molar-refractivity contribution < 1.29 is 23.1 Å². The lowest BCUT2D eigenvalue weighted by Crippen LogP contribution is -2.38. The standard InChI is InChI=1S/C12H16N2O5S/c1-19-5-4-13-20(17,18)14-7-10-3-2-9(12(15)16)6-11(10)8-14/h2-3,6,13H,4-5,7-8H2,1H3,(H,15,16). The van der Waals surface area contributed by atoms with E-state index in [0.29, 0.717) is 6.61 Å². The van der Waals surface area contributed by atoms with Crippen LogP contribution >= 0.6 is 0 Å². The van der Waals surface area contributed by atoms with Gasteiger partial charge in [0.05, 0.1) is 12.2 Å². The fourth-order valence-corrected chi connectivity index (χ4v) is 3.17. The first-order chi connectivity index (χ1) is 9.44. The van der Waals surface area contributed by atoms with Crippen molar-refractivity contribution in [2.75, 3.05) is 20.3 Å². The third-order valence-corrected chi connectivity index (χ3v) is 4.58. The highest BCUT2D eigenvalue weighted by atomic mass is 32.2. The topological polar surface area (TPSA) is 95.9 Å². The van der Waals surface area contributed by atoms with E-state index in [1.54, 1.807) is 6.07 Å². The molecule has 2 N–H and O–H groups in total. The number of aromatic carboxylic acids is 1. The highest BCUT2D eigenvalue weighted by Crippen LogP contribution is 2.25. The third-order valence-electron chi connectivity index (χ3n) is 3.08. The van der Waals surface area contributed by atoms with Gasteiger partial charge in [-0.15, -0.1) is 0 Å². The average Bonchev–Trinajstić information content (AvgIpc) is 2.82. The van der Waals surface area contributed by atoms with Gasteiger partial charge < -0.3 is 9.84 Å². The molecule has 20 heavy (non-hydrogen) atoms. The van der Waals surface area contributed by atoms with E-state index < -0.39 is 16.2 Å². The number of nitrogens with zero attached hydrogens (tertiary/aromatic N) is 1. The summed E-state index contributed by atoms with van der Waals surface area (Å²) in [4.78, 5) is 10.9. The predicted octanol–water partition coefficient (Wildman–Crippen LogP) is 0.181. The average molecular weight is 300 g/mol. The Hall–Kier alpha value is -1.48. The number of carboxylic acids is 1. The first-order valence-corrected chi connectivity index (χ1v) is 7.47. The number of fused-ring (bicyclic) bond motifs is 1. The number of methoxy groups -OCH3 is 1. The molecule has 1 aromatic rings. The first kappa shape index (κ1) is 14.9. The van der Waals surface area contributed by atoms with Crippen molar-refractivity contribution in [2.24, 2.45) is 0 Å². The summed E-state index contributed by atoms with van der Waals surface area (Å²) < 4.78 is 32.6. The van der Waals surface area contributed by atoms with Crippen molar-refractivity contribution in [3.8, 4) is 0 Å². The van der Waals surface area contributed by atoms with Crippen LogP contribution in [-0.4, -0.2) is 44.1 Å². The molecule has 0 saturated carbocycles. The maximum absolute atomic E-state index is 12.0. The number of nitrogens with one attached hydrogen (secondary N) is 1. The highest BCUT2D eigenvalue weighted by Gasteiger charge is 2.29. The molecule has 0 amide bonds. The maximum atomic E-state index is 12.0. The summed E-state index contributed by atoms with van der Waals surface area (Å²) in [6.45, 7) is 0.922. The van der Waals surface area contributed by atoms with Gasteiger partial charge in [-0.1, -0.05) is 6.07 Å². The molecule has 2 rings (SSSR count). The van der Waals surface area contributed by atoms with Crippen LogP contribution in [0, 0.1) is 0 Å². The Balaban J connectivity index is 2.10. The summed E-state index contributed by atoms with van der Waals surface area (Å²) in [6.07, 6.45) is 0. The van der Waals surface area contributed by atoms with Crippen LogP contribution in [0.3, 0.4) is 0 Å². The van der Waals surface area contributed by atoms with E-state index in [9.17, 15) is 13.2 Å². The molecule has 0 aromatic heterocycles. The molecule has 8 heteroatoms. The predicted molar refractivity (Wildman–Crippen MR) is 71.4 cm³/mol. The van der Waals surface area contributed by atoms with Gasteiger partial charge in [0.15, 0.2) is 0 Å². The van der Waals surface area contributed by atoms with E-state index in [4.69, 9.17) is 9.84 Å². The molecule has 0 atom stereocenters. The minimum atomic E-state index is -3.58. The van der Waals surface area contributed by atoms with E-state index in [1.165, 1.54) is 23.5 Å². The van der Waals surface area contributed by atoms with Gasteiger partial charge >= 0.3 is 5.97 Å². The Kier molecular flexibility index (Phi) is 4.39. The Morgan fingerprint density at radius 3 is 2.75 bits per heavy atom. The van der Waals surface area contributed by atoms with Crippen LogP contribution in [0.5, 0.6) is 0 Å². The Labute approximate surface area is 117 Å². The zero-order chi connectivity index (χ0) is 14.8. The van der Waals surface area contributed by atoms with Gasteiger partial charge in [-0.25, -0.2) is 4.79 Å². The van der Waals surface area contributed by atoms with Crippen molar-refractivity contribution in [2.45, 2.75) is 13.1 Å². The summed E-state index contributed by atoms with van der Waals surface area (Å²) in [7, 11) is -2.08. The second-order valence-electron chi connectivity index (χ2n) is 4.45. The smallest absolute Gasteiger partial charge is 0.335 e. The molecule has 0 saturated heterocycles. The van der Waals surface area contributed by atoms with E-state index in [2.05, 4.69) is 4.72 Å². The van der Waals surface area contributed by atoms with Crippen molar-refractivity contribution >= 4 is 16.2 Å². The normalized spacial score (nSPS) is 15.2. The van der Waals surface area contributed by atoms with Gasteiger partial charge in [-0.3, -0.25) is 0 Å². The van der Waals surface area contributed by atoms with Gasteiger partial charge in [0.25, 0.3) is 10.2 Å². The van der Waals surface area contributed by atoms with Crippen LogP contribution in [-0.2, 0) is 28.0 Å². The maximum Gasteiger partial charge on any atom is 0.335 e. The lowest BCUT2D eigenvalue weighted by Gasteiger charge is -2.15. The van der Waals surface area contributed by atoms with Crippen molar-refractivity contribution in [1.82, 2.24) is 9.03 Å². The fourth-order valence-electron chi connectivity index (χ4n) is 2.03. The SMILES string of the molecule is COCCNS(=O)(=O)N1Cc2ccc(C(=O)O)cc2C1. The molecular weight excluding hydrogens is 284 g/mol. The zero-order valence-electron chi connectivity index (χ0n) is 11.0. The van der Waals surface area contributed by atoms with Crippen LogP contribution in [0.1, 0.15) is 21.5 Å². The number of rotatable bonds is 6. The summed E-state index contributed by atoms with van der Waals surface area (Å²) >= 11 is 0. The van der Waals surface area contributed by atoms with Crippen LogP contribution in [0.15, 0.2) is 18.2 Å². The fraction of sp³-hybridized carbons (Fsp3) is 0.417. The summed E-state index contributed by atoms with van der Waals surface area (Å²) in [5, 5.41) is 8.93. The number of hydrogen-bond donors (Lipinski definition) is 2. The molecule has 1 aliphatic heterocycles. The monoisotopic (exact) mass is 300 g/mol. The molecular formula is C12H16N2O5S. The Bertz CT molecular complexity index is 614. The molecule has 0 aliphatic carbocycles. The largest absolute Gasteiger partial charge is 0.478 e. The second-order valence-corrected chi connectivity index (χ2v) is 6.20. The number of ether oxygens (including phenoxy) is 1. The molecule has 7 nitrogen and oxygen atoms in total. The molecule has 110 valence electrons. The molecule has 1 aromatic carbocycles. The Morgan fingerprint density at radius 1 is 1.40 bits per heavy atom. The van der Waals surface area contributed by atoms with Gasteiger partial charge in [0.1, 0.15) is 0 Å². The number of carbonyl (C=O) groups is 1. The molecule has 1 aliphatic rings. The molecule has 0 radical (unpaired) electrons. The molecule has 0 bridgehead atoms. The minimum absolute atomic E-state index is 0.162. The zero-order valence-corrected chi connectivity index (χ0v) is 11.8. The van der Waals surface area contributed by atoms with Crippen molar-refractivity contribution in [3.05, 3.63) is 34.9 Å². The molecule has 0 unspecified atom stereocenters. The van der Waals surface area contributed by atoms with Crippen LogP contribution in [0.4, 0.5) is 0 Å². The quantitative estimate of drug-likeness (QED) is 0.731. The van der Waals surface area contributed by atoms with Crippen LogP contribution in [0.25, 0.3) is 0 Å². The summed E-state index contributed by atoms with van der Waals surface area (Å²) in [5.41, 5.74) is 1.71. The van der Waals surface area contributed by atoms with Gasteiger partial charge in [-0.05, 0) is 23.3 Å². The molecule has 0 spiro atoms. The van der Waals surface area contributed by atoms with Crippen molar-refractivity contribution in [3.63, 3.8) is 0 Å². The third kappa shape index (κ3) is 3.15. The van der Waals surface area contributed by atoms with Crippen LogP contribution < -0.4 is 4.72 Å². The minimum Gasteiger partial charge on any atom is -0.478 e. The molecule has 1 heterocycles. The molecule has 0 fully saturated rings. The highest BCUT2D eigenvalue weighted by molar-refractivity contribution is 7.87. The van der Waals surface area contributed by atoms with Gasteiger partial charge in [0.2, 0.25) is 0 Å². The number of benzene rings is 1. The first-order valence-electron chi connectivity index (χ1n) is 6.03. The van der Waals surface area contributed by atoms with E-state index >= 15 is 0 Å². The van der Waals surface area contributed by atoms with E-state index in [1.807, 2.05) is 0 Å². The van der Waals surface area contributed by atoms with E-state index in [-0.39, 0.29) is 25.2 Å². The van der Waals surface area contributed by atoms with Crippen molar-refractivity contribution in [1.29, 1.82) is 0 Å². The summed E-state index contributed by atoms with van der Waals surface area (Å²) in [5.74, 6) is -1.02. The summed E-state index contributed by atoms with van der Waals surface area (Å²) in [6, 6.07) is 4.65.